The Hall–Kier alpha value is -0.980. The van der Waals surface area contributed by atoms with Crippen molar-refractivity contribution >= 4 is 0 Å². The Labute approximate surface area is 99.8 Å². The van der Waals surface area contributed by atoms with E-state index in [1.54, 1.807) is 7.11 Å². The highest BCUT2D eigenvalue weighted by atomic mass is 16.5. The molecule has 0 saturated heterocycles. The molecule has 1 rings (SSSR count). The summed E-state index contributed by atoms with van der Waals surface area (Å²) in [6.07, 6.45) is 3.38. The minimum atomic E-state index is 0.388. The predicted molar refractivity (Wildman–Crippen MR) is 70.1 cm³/mol. The maximum Gasteiger partial charge on any atom is 0.122 e. The molecule has 1 nitrogen and oxygen atoms in total. The lowest BCUT2D eigenvalue weighted by molar-refractivity contribution is 0.348. The number of ether oxygens (including phenoxy) is 1. The zero-order chi connectivity index (χ0) is 12.2. The molecule has 0 radical (unpaired) electrons. The molecule has 90 valence electrons. The second kappa shape index (κ2) is 5.38. The first-order valence-corrected chi connectivity index (χ1v) is 6.18. The van der Waals surface area contributed by atoms with Crippen LogP contribution in [0.5, 0.6) is 5.75 Å². The molecule has 0 N–H and O–H groups in total. The van der Waals surface area contributed by atoms with Crippen molar-refractivity contribution in [3.8, 4) is 5.75 Å². The Balaban J connectivity index is 2.91. The van der Waals surface area contributed by atoms with Gasteiger partial charge in [-0.15, -0.1) is 0 Å². The van der Waals surface area contributed by atoms with E-state index in [0.717, 1.165) is 18.6 Å². The number of methoxy groups -OCH3 is 1. The molecule has 0 spiro atoms. The zero-order valence-corrected chi connectivity index (χ0v) is 11.3. The summed E-state index contributed by atoms with van der Waals surface area (Å²) >= 11 is 0. The monoisotopic (exact) mass is 220 g/mol. The molecule has 0 saturated carbocycles. The van der Waals surface area contributed by atoms with Crippen molar-refractivity contribution in [2.24, 2.45) is 5.41 Å². The van der Waals surface area contributed by atoms with Crippen molar-refractivity contribution in [3.05, 3.63) is 29.3 Å². The lowest BCUT2D eigenvalue weighted by Crippen LogP contribution is -2.13. The van der Waals surface area contributed by atoms with Crippen LogP contribution in [0.4, 0.5) is 0 Å². The van der Waals surface area contributed by atoms with Crippen LogP contribution in [0.3, 0.4) is 0 Å². The Kier molecular flexibility index (Phi) is 4.40. The van der Waals surface area contributed by atoms with E-state index >= 15 is 0 Å². The van der Waals surface area contributed by atoms with Gasteiger partial charge in [-0.05, 0) is 35.4 Å². The summed E-state index contributed by atoms with van der Waals surface area (Å²) in [5.74, 6) is 1.01. The fourth-order valence-electron chi connectivity index (χ4n) is 1.90. The number of benzene rings is 1. The topological polar surface area (TPSA) is 9.23 Å². The second-order valence-corrected chi connectivity index (χ2v) is 5.19. The first-order chi connectivity index (χ1) is 7.52. The molecule has 0 unspecified atom stereocenters. The van der Waals surface area contributed by atoms with E-state index < -0.39 is 0 Å². The minimum Gasteiger partial charge on any atom is -0.496 e. The Morgan fingerprint density at radius 1 is 1.19 bits per heavy atom. The van der Waals surface area contributed by atoms with Gasteiger partial charge in [0.1, 0.15) is 5.75 Å². The van der Waals surface area contributed by atoms with Crippen LogP contribution >= 0.6 is 0 Å². The van der Waals surface area contributed by atoms with Crippen molar-refractivity contribution < 1.29 is 4.74 Å². The largest absolute Gasteiger partial charge is 0.496 e. The average Bonchev–Trinajstić information content (AvgIpc) is 2.28. The van der Waals surface area contributed by atoms with Crippen molar-refractivity contribution in [1.82, 2.24) is 0 Å². The van der Waals surface area contributed by atoms with Gasteiger partial charge < -0.3 is 4.74 Å². The number of hydrogen-bond acceptors (Lipinski definition) is 1. The van der Waals surface area contributed by atoms with Gasteiger partial charge in [-0.2, -0.15) is 0 Å². The highest BCUT2D eigenvalue weighted by Gasteiger charge is 2.16. The predicted octanol–water partition coefficient (Wildman–Crippen LogP) is 4.24. The summed E-state index contributed by atoms with van der Waals surface area (Å²) < 4.78 is 5.35. The van der Waals surface area contributed by atoms with Crippen LogP contribution in [0.25, 0.3) is 0 Å². The SMILES string of the molecule is CCc1cc(CC(C)(C)CC)ccc1OC. The summed E-state index contributed by atoms with van der Waals surface area (Å²) in [6.45, 7) is 9.07. The van der Waals surface area contributed by atoms with Crippen LogP contribution in [-0.2, 0) is 12.8 Å². The first kappa shape index (κ1) is 13.1. The van der Waals surface area contributed by atoms with Crippen molar-refractivity contribution in [2.45, 2.75) is 47.0 Å². The second-order valence-electron chi connectivity index (χ2n) is 5.19. The normalized spacial score (nSPS) is 11.6. The van der Waals surface area contributed by atoms with E-state index in [2.05, 4.69) is 45.9 Å². The molecule has 1 aromatic rings. The molecule has 0 heterocycles. The fraction of sp³-hybridized carbons (Fsp3) is 0.600. The van der Waals surface area contributed by atoms with Gasteiger partial charge in [0.15, 0.2) is 0 Å². The minimum absolute atomic E-state index is 0.388. The van der Waals surface area contributed by atoms with Gasteiger partial charge in [0.05, 0.1) is 7.11 Å². The standard InChI is InChI=1S/C15H24O/c1-6-13-10-12(8-9-14(13)16-5)11-15(3,4)7-2/h8-10H,6-7,11H2,1-5H3. The van der Waals surface area contributed by atoms with Crippen LogP contribution in [0.15, 0.2) is 18.2 Å². The molecule has 0 bridgehead atoms. The molecule has 0 atom stereocenters. The van der Waals surface area contributed by atoms with Gasteiger partial charge in [0, 0.05) is 0 Å². The van der Waals surface area contributed by atoms with Crippen LogP contribution in [-0.4, -0.2) is 7.11 Å². The third kappa shape index (κ3) is 3.26. The maximum absolute atomic E-state index is 5.35. The van der Waals surface area contributed by atoms with Crippen molar-refractivity contribution in [1.29, 1.82) is 0 Å². The molecule has 0 aliphatic rings. The van der Waals surface area contributed by atoms with E-state index in [1.165, 1.54) is 17.5 Å². The third-order valence-corrected chi connectivity index (χ3v) is 3.37. The number of rotatable bonds is 5. The van der Waals surface area contributed by atoms with Crippen molar-refractivity contribution in [2.75, 3.05) is 7.11 Å². The van der Waals surface area contributed by atoms with Gasteiger partial charge in [-0.1, -0.05) is 46.2 Å². The van der Waals surface area contributed by atoms with Gasteiger partial charge in [-0.3, -0.25) is 0 Å². The van der Waals surface area contributed by atoms with Crippen molar-refractivity contribution in [3.63, 3.8) is 0 Å². The van der Waals surface area contributed by atoms with E-state index in [9.17, 15) is 0 Å². The van der Waals surface area contributed by atoms with Gasteiger partial charge in [0.25, 0.3) is 0 Å². The van der Waals surface area contributed by atoms with Crippen LogP contribution < -0.4 is 4.74 Å². The molecule has 1 aromatic carbocycles. The first-order valence-electron chi connectivity index (χ1n) is 6.18. The molecule has 0 amide bonds. The fourth-order valence-corrected chi connectivity index (χ4v) is 1.90. The molecule has 16 heavy (non-hydrogen) atoms. The van der Waals surface area contributed by atoms with Crippen LogP contribution in [0.1, 0.15) is 45.2 Å². The summed E-state index contributed by atoms with van der Waals surface area (Å²) in [5, 5.41) is 0. The van der Waals surface area contributed by atoms with E-state index in [-0.39, 0.29) is 0 Å². The lowest BCUT2D eigenvalue weighted by Gasteiger charge is -2.23. The van der Waals surface area contributed by atoms with Gasteiger partial charge >= 0.3 is 0 Å². The van der Waals surface area contributed by atoms with E-state index in [0.29, 0.717) is 5.41 Å². The summed E-state index contributed by atoms with van der Waals surface area (Å²) in [7, 11) is 1.74. The molecular weight excluding hydrogens is 196 g/mol. The quantitative estimate of drug-likeness (QED) is 0.721. The van der Waals surface area contributed by atoms with Crippen LogP contribution in [0.2, 0.25) is 0 Å². The third-order valence-electron chi connectivity index (χ3n) is 3.37. The molecule has 0 aromatic heterocycles. The van der Waals surface area contributed by atoms with Crippen LogP contribution in [0, 0.1) is 5.41 Å². The number of hydrogen-bond donors (Lipinski definition) is 0. The Bertz CT molecular complexity index is 339. The smallest absolute Gasteiger partial charge is 0.122 e. The highest BCUT2D eigenvalue weighted by molar-refractivity contribution is 5.37. The molecule has 0 aliphatic heterocycles. The number of aryl methyl sites for hydroxylation is 1. The van der Waals surface area contributed by atoms with Gasteiger partial charge in [-0.25, -0.2) is 0 Å². The summed E-state index contributed by atoms with van der Waals surface area (Å²) in [4.78, 5) is 0. The average molecular weight is 220 g/mol. The molecule has 1 heteroatoms. The highest BCUT2D eigenvalue weighted by Crippen LogP contribution is 2.28. The summed E-state index contributed by atoms with van der Waals surface area (Å²) in [5.41, 5.74) is 3.12. The Morgan fingerprint density at radius 3 is 2.38 bits per heavy atom. The molecular formula is C15H24O. The van der Waals surface area contributed by atoms with Gasteiger partial charge in [0.2, 0.25) is 0 Å². The lowest BCUT2D eigenvalue weighted by atomic mass is 9.83. The van der Waals surface area contributed by atoms with E-state index in [1.807, 2.05) is 0 Å². The Morgan fingerprint density at radius 2 is 1.88 bits per heavy atom. The maximum atomic E-state index is 5.35. The zero-order valence-electron chi connectivity index (χ0n) is 11.3. The van der Waals surface area contributed by atoms with E-state index in [4.69, 9.17) is 4.74 Å². The molecule has 0 aliphatic carbocycles. The molecule has 0 fully saturated rings. The summed E-state index contributed by atoms with van der Waals surface area (Å²) in [6, 6.07) is 6.57.